The molecule has 0 unspecified atom stereocenters. The van der Waals surface area contributed by atoms with Gasteiger partial charge in [0.1, 0.15) is 19.0 Å². The number of carbonyl (C=O) groups is 1. The summed E-state index contributed by atoms with van der Waals surface area (Å²) in [4.78, 5) is 12.9. The van der Waals surface area contributed by atoms with Crippen LogP contribution in [-0.2, 0) is 10.5 Å². The molecule has 0 saturated carbocycles. The Labute approximate surface area is 160 Å². The lowest BCUT2D eigenvalue weighted by atomic mass is 10.2. The van der Waals surface area contributed by atoms with Gasteiger partial charge in [0, 0.05) is 22.9 Å². The molecule has 7 heteroatoms. The van der Waals surface area contributed by atoms with E-state index >= 15 is 0 Å². The van der Waals surface area contributed by atoms with Crippen LogP contribution in [0.2, 0.25) is 0 Å². The van der Waals surface area contributed by atoms with Crippen molar-refractivity contribution in [2.24, 2.45) is 0 Å². The van der Waals surface area contributed by atoms with Crippen molar-refractivity contribution in [1.82, 2.24) is 5.32 Å². The predicted octanol–water partition coefficient (Wildman–Crippen LogP) is 3.74. The van der Waals surface area contributed by atoms with E-state index in [2.05, 4.69) is 5.32 Å². The summed E-state index contributed by atoms with van der Waals surface area (Å²) in [6.45, 7) is 1.68. The smallest absolute Gasteiger partial charge is 0.230 e. The van der Waals surface area contributed by atoms with E-state index in [4.69, 9.17) is 9.47 Å². The van der Waals surface area contributed by atoms with Gasteiger partial charge in [0.25, 0.3) is 0 Å². The van der Waals surface area contributed by atoms with Gasteiger partial charge in [0.05, 0.1) is 5.75 Å². The zero-order valence-electron chi connectivity index (χ0n) is 14.2. The average molecular weight is 394 g/mol. The highest BCUT2D eigenvalue weighted by Gasteiger charge is 2.12. The van der Waals surface area contributed by atoms with E-state index in [-0.39, 0.29) is 11.7 Å². The molecule has 2 aromatic carbocycles. The Balaban J connectivity index is 1.32. The molecule has 0 fully saturated rings. The van der Waals surface area contributed by atoms with Crippen molar-refractivity contribution in [3.8, 4) is 11.5 Å². The summed E-state index contributed by atoms with van der Waals surface area (Å²) in [6.07, 6.45) is 0. The molecular formula is C19H20FNO3S2. The van der Waals surface area contributed by atoms with Gasteiger partial charge in [0.15, 0.2) is 11.5 Å². The number of ether oxygens (including phenoxy) is 2. The second kappa shape index (κ2) is 9.73. The maximum Gasteiger partial charge on any atom is 0.230 e. The average Bonchev–Trinajstić information content (AvgIpc) is 2.67. The van der Waals surface area contributed by atoms with Crippen LogP contribution in [0.5, 0.6) is 11.5 Å². The minimum Gasteiger partial charge on any atom is -0.486 e. The Morgan fingerprint density at radius 3 is 2.77 bits per heavy atom. The number of hydrogen-bond acceptors (Lipinski definition) is 5. The summed E-state index contributed by atoms with van der Waals surface area (Å²) in [7, 11) is 0. The maximum absolute atomic E-state index is 13.5. The fourth-order valence-electron chi connectivity index (χ4n) is 2.37. The first-order chi connectivity index (χ1) is 12.7. The van der Waals surface area contributed by atoms with Gasteiger partial charge in [-0.1, -0.05) is 18.2 Å². The summed E-state index contributed by atoms with van der Waals surface area (Å²) in [6, 6.07) is 12.5. The van der Waals surface area contributed by atoms with Gasteiger partial charge in [-0.15, -0.1) is 11.8 Å². The monoisotopic (exact) mass is 393 g/mol. The number of carbonyl (C=O) groups excluding carboxylic acids is 1. The van der Waals surface area contributed by atoms with Gasteiger partial charge >= 0.3 is 0 Å². The number of thioether (sulfide) groups is 2. The van der Waals surface area contributed by atoms with E-state index in [0.717, 1.165) is 22.1 Å². The largest absolute Gasteiger partial charge is 0.486 e. The molecule has 1 N–H and O–H groups in total. The first-order valence-electron chi connectivity index (χ1n) is 8.32. The van der Waals surface area contributed by atoms with Crippen LogP contribution < -0.4 is 14.8 Å². The summed E-state index contributed by atoms with van der Waals surface area (Å²) < 4.78 is 24.5. The minimum atomic E-state index is -0.181. The fourth-order valence-corrected chi connectivity index (χ4v) is 3.97. The first-order valence-corrected chi connectivity index (χ1v) is 10.5. The number of hydrogen-bond donors (Lipinski definition) is 1. The molecule has 138 valence electrons. The highest BCUT2D eigenvalue weighted by Crippen LogP contribution is 2.34. The molecule has 0 radical (unpaired) electrons. The Hall–Kier alpha value is -1.86. The number of benzene rings is 2. The number of fused-ring (bicyclic) bond motifs is 1. The molecule has 1 heterocycles. The molecule has 3 rings (SSSR count). The maximum atomic E-state index is 13.5. The predicted molar refractivity (Wildman–Crippen MR) is 104 cm³/mol. The molecule has 0 spiro atoms. The Kier molecular flexibility index (Phi) is 7.08. The summed E-state index contributed by atoms with van der Waals surface area (Å²) in [5, 5.41) is 2.89. The normalized spacial score (nSPS) is 12.7. The van der Waals surface area contributed by atoms with Gasteiger partial charge in [-0.25, -0.2) is 4.39 Å². The molecule has 1 aliphatic heterocycles. The lowest BCUT2D eigenvalue weighted by molar-refractivity contribution is -0.118. The van der Waals surface area contributed by atoms with Crippen molar-refractivity contribution in [3.63, 3.8) is 0 Å². The Bertz CT molecular complexity index is 757. The number of rotatable bonds is 8. The highest BCUT2D eigenvalue weighted by atomic mass is 32.2. The topological polar surface area (TPSA) is 47.6 Å². The molecular weight excluding hydrogens is 373 g/mol. The molecule has 0 aromatic heterocycles. The van der Waals surface area contributed by atoms with Crippen molar-refractivity contribution in [2.45, 2.75) is 10.6 Å². The van der Waals surface area contributed by atoms with Crippen molar-refractivity contribution >= 4 is 29.4 Å². The van der Waals surface area contributed by atoms with E-state index in [1.54, 1.807) is 23.9 Å². The van der Waals surface area contributed by atoms with Crippen LogP contribution in [0.25, 0.3) is 0 Å². The molecule has 2 aromatic rings. The summed E-state index contributed by atoms with van der Waals surface area (Å²) in [5.74, 6) is 2.97. The van der Waals surface area contributed by atoms with E-state index in [9.17, 15) is 9.18 Å². The van der Waals surface area contributed by atoms with Gasteiger partial charge in [-0.05, 0) is 29.8 Å². The molecule has 1 aliphatic rings. The zero-order chi connectivity index (χ0) is 18.2. The third kappa shape index (κ3) is 5.57. The molecule has 0 atom stereocenters. The Morgan fingerprint density at radius 1 is 1.12 bits per heavy atom. The minimum absolute atomic E-state index is 0.0172. The Morgan fingerprint density at radius 2 is 1.92 bits per heavy atom. The van der Waals surface area contributed by atoms with E-state index in [1.807, 2.05) is 24.3 Å². The number of amides is 1. The van der Waals surface area contributed by atoms with Crippen LogP contribution in [0.15, 0.2) is 47.4 Å². The molecule has 0 saturated heterocycles. The standard InChI is InChI=1S/C19H20FNO3S2/c20-16-4-2-1-3-14(16)12-25-10-7-21-19(22)13-26-15-5-6-17-18(11-15)24-9-8-23-17/h1-6,11H,7-10,12-13H2,(H,21,22). The van der Waals surface area contributed by atoms with Crippen molar-refractivity contribution in [2.75, 3.05) is 31.3 Å². The molecule has 4 nitrogen and oxygen atoms in total. The third-order valence-corrected chi connectivity index (χ3v) is 5.67. The highest BCUT2D eigenvalue weighted by molar-refractivity contribution is 8.00. The van der Waals surface area contributed by atoms with Gasteiger partial charge in [-0.2, -0.15) is 11.8 Å². The first kappa shape index (κ1) is 18.9. The second-order valence-corrected chi connectivity index (χ2v) is 7.74. The van der Waals surface area contributed by atoms with Gasteiger partial charge < -0.3 is 14.8 Å². The molecule has 1 amide bonds. The third-order valence-electron chi connectivity index (χ3n) is 3.67. The second-order valence-electron chi connectivity index (χ2n) is 5.59. The molecule has 26 heavy (non-hydrogen) atoms. The lowest BCUT2D eigenvalue weighted by Gasteiger charge is -2.18. The van der Waals surface area contributed by atoms with Crippen LogP contribution in [0, 0.1) is 5.82 Å². The number of halogens is 1. The van der Waals surface area contributed by atoms with Crippen LogP contribution in [0.4, 0.5) is 4.39 Å². The van der Waals surface area contributed by atoms with Crippen molar-refractivity contribution in [1.29, 1.82) is 0 Å². The van der Waals surface area contributed by atoms with Gasteiger partial charge in [0.2, 0.25) is 5.91 Å². The van der Waals surface area contributed by atoms with E-state index in [0.29, 0.717) is 36.8 Å². The van der Waals surface area contributed by atoms with E-state index in [1.165, 1.54) is 17.8 Å². The van der Waals surface area contributed by atoms with Gasteiger partial charge in [-0.3, -0.25) is 4.79 Å². The van der Waals surface area contributed by atoms with E-state index < -0.39 is 0 Å². The zero-order valence-corrected chi connectivity index (χ0v) is 15.8. The lowest BCUT2D eigenvalue weighted by Crippen LogP contribution is -2.27. The summed E-state index contributed by atoms with van der Waals surface area (Å²) >= 11 is 3.06. The quantitative estimate of drug-likeness (QED) is 0.547. The summed E-state index contributed by atoms with van der Waals surface area (Å²) in [5.41, 5.74) is 0.693. The fraction of sp³-hybridized carbons (Fsp3) is 0.316. The molecule has 0 aliphatic carbocycles. The van der Waals surface area contributed by atoms with Crippen molar-refractivity contribution < 1.29 is 18.7 Å². The van der Waals surface area contributed by atoms with Crippen molar-refractivity contribution in [3.05, 3.63) is 53.8 Å². The SMILES string of the molecule is O=C(CSc1ccc2c(c1)OCCO2)NCCSCc1ccccc1F. The molecule has 0 bridgehead atoms. The van der Waals surface area contributed by atoms with Crippen LogP contribution in [0.3, 0.4) is 0 Å². The van der Waals surface area contributed by atoms with Crippen LogP contribution in [-0.4, -0.2) is 37.2 Å². The van der Waals surface area contributed by atoms with Crippen LogP contribution in [0.1, 0.15) is 5.56 Å². The van der Waals surface area contributed by atoms with Crippen LogP contribution >= 0.6 is 23.5 Å². The number of nitrogens with one attached hydrogen (secondary N) is 1.